The van der Waals surface area contributed by atoms with E-state index in [2.05, 4.69) is 14.9 Å². The smallest absolute Gasteiger partial charge is 0.262 e. The number of hydrogen-bond acceptors (Lipinski definition) is 4. The summed E-state index contributed by atoms with van der Waals surface area (Å²) in [4.78, 5) is 0.144. The van der Waals surface area contributed by atoms with Gasteiger partial charge >= 0.3 is 0 Å². The van der Waals surface area contributed by atoms with Gasteiger partial charge < -0.3 is 5.73 Å². The number of nitrogens with zero attached hydrogens (tertiary/aromatic N) is 1. The second-order valence-corrected chi connectivity index (χ2v) is 6.18. The predicted octanol–water partition coefficient (Wildman–Crippen LogP) is 1.72. The van der Waals surface area contributed by atoms with Crippen LogP contribution in [0.5, 0.6) is 0 Å². The summed E-state index contributed by atoms with van der Waals surface area (Å²) in [6, 6.07) is 4.72. The minimum absolute atomic E-state index is 0.144. The molecule has 19 heavy (non-hydrogen) atoms. The fraction of sp³-hybridized carbons (Fsp3) is 0.250. The van der Waals surface area contributed by atoms with Crippen molar-refractivity contribution in [3.05, 3.63) is 35.2 Å². The van der Waals surface area contributed by atoms with E-state index >= 15 is 0 Å². The number of hydrogen-bond donors (Lipinski definition) is 3. The van der Waals surface area contributed by atoms with Crippen molar-refractivity contribution >= 4 is 21.4 Å². The van der Waals surface area contributed by atoms with Gasteiger partial charge in [0.1, 0.15) is 0 Å². The van der Waals surface area contributed by atoms with E-state index in [1.807, 2.05) is 0 Å². The molecule has 6 nitrogen and oxygen atoms in total. The van der Waals surface area contributed by atoms with Gasteiger partial charge in [-0.3, -0.25) is 9.82 Å². The van der Waals surface area contributed by atoms with Gasteiger partial charge in [0.25, 0.3) is 10.0 Å². The van der Waals surface area contributed by atoms with Crippen LogP contribution in [0, 0.1) is 20.8 Å². The first-order valence-corrected chi connectivity index (χ1v) is 7.19. The van der Waals surface area contributed by atoms with Crippen LogP contribution >= 0.6 is 0 Å². The van der Waals surface area contributed by atoms with Gasteiger partial charge in [-0.15, -0.1) is 0 Å². The van der Waals surface area contributed by atoms with Crippen LogP contribution in [-0.2, 0) is 10.0 Å². The zero-order valence-corrected chi connectivity index (χ0v) is 11.8. The molecule has 0 saturated carbocycles. The molecule has 4 N–H and O–H groups in total. The Balaban J connectivity index is 2.43. The third kappa shape index (κ3) is 2.70. The van der Waals surface area contributed by atoms with Crippen molar-refractivity contribution in [1.82, 2.24) is 10.2 Å². The third-order valence-corrected chi connectivity index (χ3v) is 4.08. The lowest BCUT2D eigenvalue weighted by Crippen LogP contribution is -2.14. The molecule has 0 saturated heterocycles. The van der Waals surface area contributed by atoms with Crippen LogP contribution in [0.4, 0.5) is 11.4 Å². The number of aromatic nitrogens is 2. The summed E-state index contributed by atoms with van der Waals surface area (Å²) in [6.45, 7) is 5.28. The average Bonchev–Trinajstić information content (AvgIpc) is 2.59. The van der Waals surface area contributed by atoms with Crippen molar-refractivity contribution in [3.63, 3.8) is 0 Å². The molecule has 0 amide bonds. The van der Waals surface area contributed by atoms with E-state index in [0.29, 0.717) is 22.8 Å². The Hall–Kier alpha value is -2.02. The predicted molar refractivity (Wildman–Crippen MR) is 74.5 cm³/mol. The van der Waals surface area contributed by atoms with Gasteiger partial charge in [0.15, 0.2) is 0 Å². The molecule has 2 rings (SSSR count). The average molecular weight is 280 g/mol. The maximum atomic E-state index is 12.3. The summed E-state index contributed by atoms with van der Waals surface area (Å²) in [5, 5.41) is 6.68. The number of aromatic amines is 1. The number of nitrogen functional groups attached to an aromatic ring is 1. The van der Waals surface area contributed by atoms with Crippen LogP contribution in [0.1, 0.15) is 17.0 Å². The standard InChI is InChI=1S/C12H16N4O2S/c1-7-4-10(13)6-11(5-7)19(17,18)16-12-8(2)14-15-9(12)3/h4-6,16H,13H2,1-3H3,(H,14,15). The van der Waals surface area contributed by atoms with Gasteiger partial charge in [-0.1, -0.05) is 0 Å². The highest BCUT2D eigenvalue weighted by Crippen LogP contribution is 2.23. The topological polar surface area (TPSA) is 101 Å². The maximum Gasteiger partial charge on any atom is 0.262 e. The van der Waals surface area contributed by atoms with Crippen LogP contribution < -0.4 is 10.5 Å². The minimum atomic E-state index is -3.66. The molecule has 0 aliphatic heterocycles. The number of H-pyrrole nitrogens is 1. The van der Waals surface area contributed by atoms with Crippen molar-refractivity contribution < 1.29 is 8.42 Å². The first kappa shape index (κ1) is 13.4. The van der Waals surface area contributed by atoms with Crippen LogP contribution in [0.25, 0.3) is 0 Å². The molecule has 1 heterocycles. The summed E-state index contributed by atoms with van der Waals surface area (Å²) >= 11 is 0. The highest BCUT2D eigenvalue weighted by Gasteiger charge is 2.18. The number of rotatable bonds is 3. The quantitative estimate of drug-likeness (QED) is 0.745. The van der Waals surface area contributed by atoms with E-state index in [4.69, 9.17) is 5.73 Å². The molecule has 102 valence electrons. The molecule has 0 bridgehead atoms. The van der Waals surface area contributed by atoms with Crippen molar-refractivity contribution in [3.8, 4) is 0 Å². The van der Waals surface area contributed by atoms with Gasteiger partial charge in [-0.25, -0.2) is 8.42 Å². The second-order valence-electron chi connectivity index (χ2n) is 4.49. The molecule has 0 radical (unpaired) electrons. The van der Waals surface area contributed by atoms with Crippen molar-refractivity contribution in [2.75, 3.05) is 10.5 Å². The number of nitrogens with two attached hydrogens (primary N) is 1. The number of aryl methyl sites for hydroxylation is 3. The van der Waals surface area contributed by atoms with Crippen molar-refractivity contribution in [2.45, 2.75) is 25.7 Å². The van der Waals surface area contributed by atoms with Crippen molar-refractivity contribution in [1.29, 1.82) is 0 Å². The Morgan fingerprint density at radius 1 is 1.21 bits per heavy atom. The van der Waals surface area contributed by atoms with E-state index in [1.165, 1.54) is 6.07 Å². The van der Waals surface area contributed by atoms with Gasteiger partial charge in [0.2, 0.25) is 0 Å². The van der Waals surface area contributed by atoms with Gasteiger partial charge in [0.05, 0.1) is 22.0 Å². The molecular weight excluding hydrogens is 264 g/mol. The van der Waals surface area contributed by atoms with Gasteiger partial charge in [-0.2, -0.15) is 5.10 Å². The van der Waals surface area contributed by atoms with E-state index in [0.717, 1.165) is 5.56 Å². The maximum absolute atomic E-state index is 12.3. The molecule has 0 atom stereocenters. The minimum Gasteiger partial charge on any atom is -0.399 e. The number of sulfonamides is 1. The first-order chi connectivity index (χ1) is 8.79. The molecule has 0 aliphatic rings. The molecular formula is C12H16N4O2S. The molecule has 1 aromatic heterocycles. The number of anilines is 2. The Morgan fingerprint density at radius 3 is 2.42 bits per heavy atom. The molecule has 0 fully saturated rings. The van der Waals surface area contributed by atoms with E-state index in [9.17, 15) is 8.42 Å². The molecule has 0 unspecified atom stereocenters. The molecule has 1 aromatic carbocycles. The highest BCUT2D eigenvalue weighted by atomic mass is 32.2. The lowest BCUT2D eigenvalue weighted by molar-refractivity contribution is 0.601. The Kier molecular flexibility index (Phi) is 3.23. The van der Waals surface area contributed by atoms with E-state index < -0.39 is 10.0 Å². The normalized spacial score (nSPS) is 11.5. The molecule has 0 aliphatic carbocycles. The largest absolute Gasteiger partial charge is 0.399 e. The summed E-state index contributed by atoms with van der Waals surface area (Å²) in [5.41, 5.74) is 8.63. The third-order valence-electron chi connectivity index (χ3n) is 2.75. The Bertz CT molecular complexity index is 680. The van der Waals surface area contributed by atoms with Gasteiger partial charge in [-0.05, 0) is 44.5 Å². The number of benzene rings is 1. The van der Waals surface area contributed by atoms with E-state index in [-0.39, 0.29) is 4.90 Å². The van der Waals surface area contributed by atoms with Crippen LogP contribution in [-0.4, -0.2) is 18.6 Å². The summed E-state index contributed by atoms with van der Waals surface area (Å²) in [7, 11) is -3.66. The molecule has 0 spiro atoms. The summed E-state index contributed by atoms with van der Waals surface area (Å²) in [5.74, 6) is 0. The summed E-state index contributed by atoms with van der Waals surface area (Å²) in [6.07, 6.45) is 0. The number of nitrogens with one attached hydrogen (secondary N) is 2. The SMILES string of the molecule is Cc1cc(N)cc(S(=O)(=O)Nc2c(C)n[nH]c2C)c1. The zero-order chi connectivity index (χ0) is 14.2. The first-order valence-electron chi connectivity index (χ1n) is 5.71. The zero-order valence-electron chi connectivity index (χ0n) is 11.0. The highest BCUT2D eigenvalue weighted by molar-refractivity contribution is 7.92. The van der Waals surface area contributed by atoms with E-state index in [1.54, 1.807) is 32.9 Å². The van der Waals surface area contributed by atoms with Gasteiger partial charge in [0, 0.05) is 5.69 Å². The lowest BCUT2D eigenvalue weighted by atomic mass is 10.2. The second kappa shape index (κ2) is 4.58. The Labute approximate surface area is 112 Å². The monoisotopic (exact) mass is 280 g/mol. The molecule has 2 aromatic rings. The van der Waals surface area contributed by atoms with Crippen LogP contribution in [0.3, 0.4) is 0 Å². The Morgan fingerprint density at radius 2 is 1.89 bits per heavy atom. The lowest BCUT2D eigenvalue weighted by Gasteiger charge is -2.09. The van der Waals surface area contributed by atoms with Crippen LogP contribution in [0.15, 0.2) is 23.1 Å². The summed E-state index contributed by atoms with van der Waals surface area (Å²) < 4.78 is 27.1. The van der Waals surface area contributed by atoms with Crippen molar-refractivity contribution in [2.24, 2.45) is 0 Å². The van der Waals surface area contributed by atoms with Crippen LogP contribution in [0.2, 0.25) is 0 Å². The molecule has 7 heteroatoms. The fourth-order valence-electron chi connectivity index (χ4n) is 1.83. The fourth-order valence-corrected chi connectivity index (χ4v) is 3.15.